The Hall–Kier alpha value is -2.53. The Morgan fingerprint density at radius 1 is 1.16 bits per heavy atom. The number of fused-ring (bicyclic) bond motifs is 1. The molecule has 0 spiro atoms. The van der Waals surface area contributed by atoms with Gasteiger partial charge in [0.2, 0.25) is 5.91 Å². The number of anilines is 1. The van der Waals surface area contributed by atoms with E-state index in [1.54, 1.807) is 18.9 Å². The summed E-state index contributed by atoms with van der Waals surface area (Å²) in [5.41, 5.74) is 2.97. The summed E-state index contributed by atoms with van der Waals surface area (Å²) in [5, 5.41) is 5.01. The molecule has 4 nitrogen and oxygen atoms in total. The third kappa shape index (κ3) is 4.51. The molecule has 0 radical (unpaired) electrons. The highest BCUT2D eigenvalue weighted by molar-refractivity contribution is 7.99. The zero-order valence-corrected chi connectivity index (χ0v) is 15.1. The number of amides is 1. The lowest BCUT2D eigenvalue weighted by Gasteiger charge is -2.07. The molecule has 1 amide bonds. The van der Waals surface area contributed by atoms with Gasteiger partial charge in [-0.05, 0) is 48.9 Å². The number of hydrogen-bond acceptors (Lipinski definition) is 4. The highest BCUT2D eigenvalue weighted by Gasteiger charge is 2.06. The van der Waals surface area contributed by atoms with Crippen LogP contribution >= 0.6 is 11.8 Å². The minimum Gasteiger partial charge on any atom is -0.497 e. The van der Waals surface area contributed by atoms with E-state index in [0.717, 1.165) is 22.0 Å². The van der Waals surface area contributed by atoms with Crippen LogP contribution in [-0.2, 0) is 4.79 Å². The maximum Gasteiger partial charge on any atom is 0.225 e. The van der Waals surface area contributed by atoms with Gasteiger partial charge < -0.3 is 10.1 Å². The Morgan fingerprint density at radius 3 is 2.68 bits per heavy atom. The number of thioether (sulfide) groups is 1. The second-order valence-corrected chi connectivity index (χ2v) is 6.78. The van der Waals surface area contributed by atoms with Crippen LogP contribution in [-0.4, -0.2) is 23.8 Å². The van der Waals surface area contributed by atoms with E-state index in [1.165, 1.54) is 10.9 Å². The second-order valence-electron chi connectivity index (χ2n) is 5.67. The van der Waals surface area contributed by atoms with Gasteiger partial charge in [0, 0.05) is 23.2 Å². The van der Waals surface area contributed by atoms with Gasteiger partial charge in [-0.25, -0.2) is 4.98 Å². The fourth-order valence-corrected chi connectivity index (χ4v) is 3.46. The molecule has 1 aromatic heterocycles. The summed E-state index contributed by atoms with van der Waals surface area (Å²) < 4.78 is 5.11. The monoisotopic (exact) mass is 352 g/mol. The largest absolute Gasteiger partial charge is 0.497 e. The number of aryl methyl sites for hydroxylation is 1. The van der Waals surface area contributed by atoms with E-state index in [1.807, 2.05) is 42.5 Å². The number of carbonyl (C=O) groups excluding carboxylic acids is 1. The number of methoxy groups -OCH3 is 1. The molecule has 0 unspecified atom stereocenters. The number of nitrogens with one attached hydrogen (secondary N) is 1. The summed E-state index contributed by atoms with van der Waals surface area (Å²) >= 11 is 1.60. The average Bonchev–Trinajstić information content (AvgIpc) is 2.62. The molecule has 0 saturated heterocycles. The quantitative estimate of drug-likeness (QED) is 0.655. The van der Waals surface area contributed by atoms with Gasteiger partial charge in [-0.15, -0.1) is 11.8 Å². The molecule has 3 rings (SSSR count). The molecular weight excluding hydrogens is 332 g/mol. The zero-order valence-electron chi connectivity index (χ0n) is 14.3. The fraction of sp³-hybridized carbons (Fsp3) is 0.200. The summed E-state index contributed by atoms with van der Waals surface area (Å²) in [6.45, 7) is 2.09. The molecular formula is C20H20N2O2S. The zero-order chi connectivity index (χ0) is 17.6. The first-order valence-corrected chi connectivity index (χ1v) is 9.07. The summed E-state index contributed by atoms with van der Waals surface area (Å²) in [6, 6.07) is 17.5. The summed E-state index contributed by atoms with van der Waals surface area (Å²) in [6.07, 6.45) is 0.435. The van der Waals surface area contributed by atoms with Gasteiger partial charge in [-0.2, -0.15) is 0 Å². The van der Waals surface area contributed by atoms with Crippen molar-refractivity contribution >= 4 is 34.3 Å². The minimum atomic E-state index is -0.00446. The molecule has 0 fully saturated rings. The first-order valence-electron chi connectivity index (χ1n) is 8.09. The van der Waals surface area contributed by atoms with E-state index in [9.17, 15) is 4.79 Å². The van der Waals surface area contributed by atoms with Crippen LogP contribution in [0.3, 0.4) is 0 Å². The Balaban J connectivity index is 1.54. The Labute approximate surface area is 151 Å². The number of hydrogen-bond donors (Lipinski definition) is 1. The van der Waals surface area contributed by atoms with Crippen LogP contribution < -0.4 is 10.1 Å². The SMILES string of the molecule is COc1ccc(NC(=O)CCSc2cc(C)c3ccccc3n2)cc1. The molecule has 1 heterocycles. The van der Waals surface area contributed by atoms with E-state index in [-0.39, 0.29) is 5.91 Å². The van der Waals surface area contributed by atoms with Gasteiger partial charge in [-0.1, -0.05) is 18.2 Å². The van der Waals surface area contributed by atoms with Gasteiger partial charge in [0.05, 0.1) is 17.7 Å². The Bertz CT molecular complexity index is 879. The lowest BCUT2D eigenvalue weighted by Crippen LogP contribution is -2.12. The van der Waals surface area contributed by atoms with Crippen LogP contribution in [0, 0.1) is 6.92 Å². The van der Waals surface area contributed by atoms with Crippen molar-refractivity contribution in [2.24, 2.45) is 0 Å². The first kappa shape index (κ1) is 17.3. The number of pyridine rings is 1. The average molecular weight is 352 g/mol. The van der Waals surface area contributed by atoms with Crippen molar-refractivity contribution in [2.75, 3.05) is 18.2 Å². The van der Waals surface area contributed by atoms with E-state index in [0.29, 0.717) is 12.2 Å². The number of para-hydroxylation sites is 1. The van der Waals surface area contributed by atoms with Crippen LogP contribution in [0.25, 0.3) is 10.9 Å². The topological polar surface area (TPSA) is 51.2 Å². The molecule has 2 aromatic carbocycles. The lowest BCUT2D eigenvalue weighted by molar-refractivity contribution is -0.115. The molecule has 0 bridgehead atoms. The third-order valence-electron chi connectivity index (χ3n) is 3.85. The highest BCUT2D eigenvalue weighted by atomic mass is 32.2. The molecule has 1 N–H and O–H groups in total. The molecule has 0 aliphatic rings. The maximum atomic E-state index is 12.1. The highest BCUT2D eigenvalue weighted by Crippen LogP contribution is 2.24. The molecule has 0 atom stereocenters. The Morgan fingerprint density at radius 2 is 1.92 bits per heavy atom. The Kier molecular flexibility index (Phi) is 5.56. The fourth-order valence-electron chi connectivity index (χ4n) is 2.54. The van der Waals surface area contributed by atoms with Crippen molar-refractivity contribution in [3.8, 4) is 5.75 Å². The van der Waals surface area contributed by atoms with Gasteiger partial charge >= 0.3 is 0 Å². The maximum absolute atomic E-state index is 12.1. The number of rotatable bonds is 6. The molecule has 25 heavy (non-hydrogen) atoms. The summed E-state index contributed by atoms with van der Waals surface area (Å²) in [5.74, 6) is 1.45. The van der Waals surface area contributed by atoms with Crippen molar-refractivity contribution in [3.63, 3.8) is 0 Å². The molecule has 5 heteroatoms. The van der Waals surface area contributed by atoms with Crippen molar-refractivity contribution in [1.29, 1.82) is 0 Å². The normalized spacial score (nSPS) is 10.6. The predicted molar refractivity (Wildman–Crippen MR) is 103 cm³/mol. The van der Waals surface area contributed by atoms with E-state index in [2.05, 4.69) is 29.4 Å². The number of benzene rings is 2. The molecule has 0 aliphatic carbocycles. The van der Waals surface area contributed by atoms with Crippen LogP contribution in [0.15, 0.2) is 59.6 Å². The molecule has 0 aliphatic heterocycles. The van der Waals surface area contributed by atoms with E-state index >= 15 is 0 Å². The number of carbonyl (C=O) groups is 1. The van der Waals surface area contributed by atoms with Crippen LogP contribution in [0.4, 0.5) is 5.69 Å². The van der Waals surface area contributed by atoms with Gasteiger partial charge in [0.15, 0.2) is 0 Å². The van der Waals surface area contributed by atoms with Crippen LogP contribution in [0.1, 0.15) is 12.0 Å². The molecule has 0 saturated carbocycles. The number of ether oxygens (including phenoxy) is 1. The van der Waals surface area contributed by atoms with Crippen molar-refractivity contribution < 1.29 is 9.53 Å². The number of aromatic nitrogens is 1. The summed E-state index contributed by atoms with van der Waals surface area (Å²) in [7, 11) is 1.62. The van der Waals surface area contributed by atoms with E-state index < -0.39 is 0 Å². The lowest BCUT2D eigenvalue weighted by atomic mass is 10.1. The van der Waals surface area contributed by atoms with E-state index in [4.69, 9.17) is 4.74 Å². The number of nitrogens with zero attached hydrogens (tertiary/aromatic N) is 1. The van der Waals surface area contributed by atoms with Crippen molar-refractivity contribution in [3.05, 3.63) is 60.2 Å². The van der Waals surface area contributed by atoms with Crippen molar-refractivity contribution in [1.82, 2.24) is 4.98 Å². The van der Waals surface area contributed by atoms with Crippen LogP contribution in [0.5, 0.6) is 5.75 Å². The molecule has 128 valence electrons. The smallest absolute Gasteiger partial charge is 0.225 e. The molecule has 3 aromatic rings. The van der Waals surface area contributed by atoms with Crippen LogP contribution in [0.2, 0.25) is 0 Å². The van der Waals surface area contributed by atoms with Gasteiger partial charge in [0.1, 0.15) is 5.75 Å². The predicted octanol–water partition coefficient (Wildman–Crippen LogP) is 4.67. The third-order valence-corrected chi connectivity index (χ3v) is 4.77. The summed E-state index contributed by atoms with van der Waals surface area (Å²) in [4.78, 5) is 16.7. The standard InChI is InChI=1S/C20H20N2O2S/c1-14-13-20(22-18-6-4-3-5-17(14)18)25-12-11-19(23)21-15-7-9-16(24-2)10-8-15/h3-10,13H,11-12H2,1-2H3,(H,21,23). The van der Waals surface area contributed by atoms with Gasteiger partial charge in [-0.3, -0.25) is 4.79 Å². The van der Waals surface area contributed by atoms with Gasteiger partial charge in [0.25, 0.3) is 0 Å². The second kappa shape index (κ2) is 8.03. The minimum absolute atomic E-state index is 0.00446. The van der Waals surface area contributed by atoms with Crippen molar-refractivity contribution in [2.45, 2.75) is 18.4 Å². The first-order chi connectivity index (χ1) is 12.2.